The summed E-state index contributed by atoms with van der Waals surface area (Å²) >= 11 is 0. The van der Waals surface area contributed by atoms with E-state index in [-0.39, 0.29) is 6.54 Å². The van der Waals surface area contributed by atoms with Crippen LogP contribution in [-0.2, 0) is 22.3 Å². The van der Waals surface area contributed by atoms with Gasteiger partial charge in [0.25, 0.3) is 5.56 Å². The molecule has 0 radical (unpaired) electrons. The Morgan fingerprint density at radius 3 is 2.38 bits per heavy atom. The highest BCUT2D eigenvalue weighted by Crippen LogP contribution is 2.29. The minimum atomic E-state index is -4.79. The van der Waals surface area contributed by atoms with E-state index in [2.05, 4.69) is 10.6 Å². The van der Waals surface area contributed by atoms with Crippen LogP contribution in [0, 0.1) is 0 Å². The number of amides is 2. The van der Waals surface area contributed by atoms with Crippen molar-refractivity contribution in [1.82, 2.24) is 15.2 Å². The van der Waals surface area contributed by atoms with E-state index >= 15 is 0 Å². The minimum Gasteiger partial charge on any atom is -0.444 e. The van der Waals surface area contributed by atoms with Crippen LogP contribution in [0.2, 0.25) is 0 Å². The van der Waals surface area contributed by atoms with E-state index in [1.807, 2.05) is 0 Å². The summed E-state index contributed by atoms with van der Waals surface area (Å²) in [6, 6.07) is 1.76. The number of rotatable bonds is 5. The molecule has 1 heterocycles. The van der Waals surface area contributed by atoms with Gasteiger partial charge < -0.3 is 19.9 Å². The second kappa shape index (κ2) is 8.46. The lowest BCUT2D eigenvalue weighted by Crippen LogP contribution is -2.55. The highest BCUT2D eigenvalue weighted by Gasteiger charge is 2.37. The fourth-order valence-corrected chi connectivity index (χ4v) is 3.32. The Bertz CT molecular complexity index is 806. The lowest BCUT2D eigenvalue weighted by Gasteiger charge is -2.31. The van der Waals surface area contributed by atoms with Crippen molar-refractivity contribution in [2.24, 2.45) is 0 Å². The lowest BCUT2D eigenvalue weighted by molar-refractivity contribution is -0.139. The molecule has 0 bridgehead atoms. The Labute approximate surface area is 166 Å². The van der Waals surface area contributed by atoms with Crippen molar-refractivity contribution in [2.45, 2.75) is 70.3 Å². The molecule has 2 amide bonds. The van der Waals surface area contributed by atoms with Crippen molar-refractivity contribution in [3.8, 4) is 0 Å². The van der Waals surface area contributed by atoms with E-state index < -0.39 is 47.0 Å². The molecular weight excluding hydrogens is 391 g/mol. The Kier molecular flexibility index (Phi) is 6.64. The topological polar surface area (TPSA) is 89.4 Å². The van der Waals surface area contributed by atoms with Crippen molar-refractivity contribution < 1.29 is 27.5 Å². The summed E-state index contributed by atoms with van der Waals surface area (Å²) < 4.78 is 44.6. The van der Waals surface area contributed by atoms with Crippen molar-refractivity contribution >= 4 is 12.0 Å². The van der Waals surface area contributed by atoms with Crippen LogP contribution in [0.1, 0.15) is 52.0 Å². The third kappa shape index (κ3) is 6.50. The van der Waals surface area contributed by atoms with Gasteiger partial charge in [0.15, 0.2) is 0 Å². The Morgan fingerprint density at radius 1 is 1.21 bits per heavy atom. The van der Waals surface area contributed by atoms with Crippen LogP contribution in [0.15, 0.2) is 23.1 Å². The fourth-order valence-electron chi connectivity index (χ4n) is 3.32. The molecule has 2 rings (SSSR count). The van der Waals surface area contributed by atoms with E-state index in [9.17, 15) is 27.6 Å². The highest BCUT2D eigenvalue weighted by atomic mass is 19.4. The molecule has 10 heteroatoms. The Hall–Kier alpha value is -2.52. The van der Waals surface area contributed by atoms with Gasteiger partial charge in [-0.25, -0.2) is 4.79 Å². The number of alkyl carbamates (subject to hydrolysis) is 1. The third-order valence-corrected chi connectivity index (χ3v) is 4.57. The van der Waals surface area contributed by atoms with E-state index in [1.165, 1.54) is 0 Å². The molecule has 162 valence electrons. The number of alkyl halides is 3. The maximum absolute atomic E-state index is 12.9. The maximum Gasteiger partial charge on any atom is 0.421 e. The van der Waals surface area contributed by atoms with Gasteiger partial charge in [-0.05, 0) is 45.7 Å². The summed E-state index contributed by atoms with van der Waals surface area (Å²) in [5.41, 5.74) is -3.99. The van der Waals surface area contributed by atoms with Gasteiger partial charge in [-0.2, -0.15) is 13.2 Å². The summed E-state index contributed by atoms with van der Waals surface area (Å²) in [5.74, 6) is -0.598. The zero-order valence-corrected chi connectivity index (χ0v) is 16.7. The third-order valence-electron chi connectivity index (χ3n) is 4.57. The van der Waals surface area contributed by atoms with E-state index in [4.69, 9.17) is 4.74 Å². The molecule has 0 saturated heterocycles. The van der Waals surface area contributed by atoms with Crippen LogP contribution in [0.4, 0.5) is 18.0 Å². The van der Waals surface area contributed by atoms with Crippen molar-refractivity contribution in [3.05, 3.63) is 34.2 Å². The molecule has 2 N–H and O–H groups in total. The molecule has 7 nitrogen and oxygen atoms in total. The molecule has 1 fully saturated rings. The quantitative estimate of drug-likeness (QED) is 0.771. The van der Waals surface area contributed by atoms with E-state index in [0.29, 0.717) is 18.9 Å². The largest absolute Gasteiger partial charge is 0.444 e. The molecule has 0 atom stereocenters. The molecule has 1 aliphatic rings. The summed E-state index contributed by atoms with van der Waals surface area (Å²) in [6.07, 6.45) is -1.40. The molecule has 1 aromatic heterocycles. The van der Waals surface area contributed by atoms with Gasteiger partial charge in [0.2, 0.25) is 5.91 Å². The first-order valence-corrected chi connectivity index (χ1v) is 9.36. The van der Waals surface area contributed by atoms with Crippen LogP contribution in [0.5, 0.6) is 0 Å². The number of hydrogen-bond donors (Lipinski definition) is 2. The first-order valence-electron chi connectivity index (χ1n) is 9.36. The number of nitrogens with zero attached hydrogens (tertiary/aromatic N) is 1. The number of aromatic nitrogens is 1. The Morgan fingerprint density at radius 2 is 1.83 bits per heavy atom. The van der Waals surface area contributed by atoms with Gasteiger partial charge in [-0.15, -0.1) is 0 Å². The number of pyridine rings is 1. The Balaban J connectivity index is 2.05. The number of nitrogens with one attached hydrogen (secondary N) is 2. The molecule has 1 aromatic rings. The van der Waals surface area contributed by atoms with E-state index in [1.54, 1.807) is 20.8 Å². The second-order valence-corrected chi connectivity index (χ2v) is 8.24. The van der Waals surface area contributed by atoms with Crippen molar-refractivity contribution in [1.29, 1.82) is 0 Å². The smallest absolute Gasteiger partial charge is 0.421 e. The first-order chi connectivity index (χ1) is 13.3. The van der Waals surface area contributed by atoms with Crippen LogP contribution in [-0.4, -0.2) is 34.3 Å². The number of carbonyl (C=O) groups excluding carboxylic acids is 2. The molecule has 0 aromatic carbocycles. The highest BCUT2D eigenvalue weighted by molar-refractivity contribution is 5.77. The summed E-state index contributed by atoms with van der Waals surface area (Å²) in [5, 5.41) is 5.43. The molecule has 1 saturated carbocycles. The monoisotopic (exact) mass is 417 g/mol. The maximum atomic E-state index is 12.9. The molecule has 0 spiro atoms. The SMILES string of the molecule is CC(C)(C)OC(=O)NCC1(NC(=O)Cn2cccc(C(F)(F)F)c2=O)CCCC1. The second-order valence-electron chi connectivity index (χ2n) is 8.24. The van der Waals surface area contributed by atoms with Crippen LogP contribution >= 0.6 is 0 Å². The fraction of sp³-hybridized carbons (Fsp3) is 0.632. The van der Waals surface area contributed by atoms with Gasteiger partial charge >= 0.3 is 12.3 Å². The van der Waals surface area contributed by atoms with Gasteiger partial charge in [0.1, 0.15) is 17.7 Å². The van der Waals surface area contributed by atoms with E-state index in [0.717, 1.165) is 29.7 Å². The minimum absolute atomic E-state index is 0.130. The summed E-state index contributed by atoms with van der Waals surface area (Å²) in [7, 11) is 0. The predicted molar refractivity (Wildman–Crippen MR) is 99.3 cm³/mol. The molecular formula is C19H26F3N3O4. The molecule has 29 heavy (non-hydrogen) atoms. The van der Waals surface area contributed by atoms with Crippen LogP contribution < -0.4 is 16.2 Å². The lowest BCUT2D eigenvalue weighted by atomic mass is 9.97. The van der Waals surface area contributed by atoms with Crippen LogP contribution in [0.25, 0.3) is 0 Å². The summed E-state index contributed by atoms with van der Waals surface area (Å²) in [6.45, 7) is 4.77. The molecule has 0 aliphatic heterocycles. The number of hydrogen-bond acceptors (Lipinski definition) is 4. The molecule has 1 aliphatic carbocycles. The number of carbonyl (C=O) groups is 2. The number of halogens is 3. The molecule has 0 unspecified atom stereocenters. The average molecular weight is 417 g/mol. The zero-order chi connectivity index (χ0) is 21.9. The van der Waals surface area contributed by atoms with Gasteiger partial charge in [-0.3, -0.25) is 9.59 Å². The van der Waals surface area contributed by atoms with Gasteiger partial charge in [-0.1, -0.05) is 12.8 Å². The average Bonchev–Trinajstić information content (AvgIpc) is 3.01. The number of ether oxygens (including phenoxy) is 1. The van der Waals surface area contributed by atoms with Crippen molar-refractivity contribution in [3.63, 3.8) is 0 Å². The van der Waals surface area contributed by atoms with Crippen LogP contribution in [0.3, 0.4) is 0 Å². The summed E-state index contributed by atoms with van der Waals surface area (Å²) in [4.78, 5) is 36.4. The predicted octanol–water partition coefficient (Wildman–Crippen LogP) is 2.82. The first kappa shape index (κ1) is 22.8. The normalized spacial score (nSPS) is 16.3. The van der Waals surface area contributed by atoms with Crippen molar-refractivity contribution in [2.75, 3.05) is 6.54 Å². The standard InChI is InChI=1S/C19H26F3N3O4/c1-17(2,3)29-16(28)23-12-18(8-4-5-9-18)24-14(26)11-25-10-6-7-13(15(25)27)19(20,21)22/h6-7,10H,4-5,8-9,11-12H2,1-3H3,(H,23,28)(H,24,26). The zero-order valence-electron chi connectivity index (χ0n) is 16.7. The van der Waals surface area contributed by atoms with Gasteiger partial charge in [0.05, 0.1) is 5.54 Å². The van der Waals surface area contributed by atoms with Gasteiger partial charge in [0, 0.05) is 12.7 Å².